The number of nitrogens with one attached hydrogen (secondary N) is 1. The fourth-order valence-electron chi connectivity index (χ4n) is 12.4. The predicted octanol–water partition coefficient (Wildman–Crippen LogP) is 5.26. The molecular weight excluding hydrogens is 1170 g/mol. The van der Waals surface area contributed by atoms with Crippen LogP contribution in [0.3, 0.4) is 0 Å². The summed E-state index contributed by atoms with van der Waals surface area (Å²) in [5.41, 5.74) is 3.32. The van der Waals surface area contributed by atoms with Gasteiger partial charge in [-0.1, -0.05) is 32.1 Å². The molecule has 0 saturated heterocycles. The van der Waals surface area contributed by atoms with E-state index < -0.39 is 68.2 Å². The van der Waals surface area contributed by atoms with Crippen molar-refractivity contribution in [1.29, 1.82) is 0 Å². The van der Waals surface area contributed by atoms with Crippen LogP contribution < -0.4 is 15.0 Å². The lowest BCUT2D eigenvalue weighted by atomic mass is 9.64. The van der Waals surface area contributed by atoms with Gasteiger partial charge in [-0.3, -0.25) is 37.5 Å². The van der Waals surface area contributed by atoms with Crippen molar-refractivity contribution < 1.29 is 89.8 Å². The zero-order valence-corrected chi connectivity index (χ0v) is 50.2. The van der Waals surface area contributed by atoms with Crippen molar-refractivity contribution >= 4 is 75.3 Å². The SMILES string of the molecule is CC1(C)C(=C2CC23C(Oc2ccc(CCC(=O)NCCCOCCOCCOCCCN4C(=O)C=CC4=O)cc2)=C2CCC3C=C2C2=[N+](CCS(=O)(=O)O)c3ccc(S(=O)(=O)O)cc3C2(C)C)N(CCS(=O)(=O)O)c2ccc(S(=O)(=O)O)cc21. The van der Waals surface area contributed by atoms with Gasteiger partial charge in [0, 0.05) is 91.0 Å². The Labute approximate surface area is 489 Å². The highest BCUT2D eigenvalue weighted by atomic mass is 32.2. The number of imide groups is 1. The summed E-state index contributed by atoms with van der Waals surface area (Å²) in [6.45, 7) is 9.90. The number of nitrogens with zero attached hydrogens (tertiary/aromatic N) is 3. The van der Waals surface area contributed by atoms with E-state index in [2.05, 4.69) is 11.4 Å². The van der Waals surface area contributed by atoms with Gasteiger partial charge in [0.2, 0.25) is 11.6 Å². The minimum atomic E-state index is -4.67. The van der Waals surface area contributed by atoms with Gasteiger partial charge in [0.1, 0.15) is 17.3 Å². The first-order valence-corrected chi connectivity index (χ1v) is 33.6. The Balaban J connectivity index is 0.924. The van der Waals surface area contributed by atoms with Crippen LogP contribution in [0.4, 0.5) is 11.4 Å². The summed E-state index contributed by atoms with van der Waals surface area (Å²) in [7, 11) is -18.4. The van der Waals surface area contributed by atoms with Gasteiger partial charge in [0.05, 0.1) is 52.8 Å². The van der Waals surface area contributed by atoms with Gasteiger partial charge in [0.25, 0.3) is 52.3 Å². The first-order chi connectivity index (χ1) is 39.4. The summed E-state index contributed by atoms with van der Waals surface area (Å²) in [6.07, 6.45) is 7.75. The maximum atomic E-state index is 12.9. The first kappa shape index (κ1) is 62.5. The predicted molar refractivity (Wildman–Crippen MR) is 306 cm³/mol. The van der Waals surface area contributed by atoms with Crippen LogP contribution >= 0.6 is 0 Å². The van der Waals surface area contributed by atoms with Gasteiger partial charge >= 0.3 is 0 Å². The van der Waals surface area contributed by atoms with Crippen molar-refractivity contribution in [3.05, 3.63) is 124 Å². The van der Waals surface area contributed by atoms with Gasteiger partial charge in [0.15, 0.2) is 12.3 Å². The van der Waals surface area contributed by atoms with Crippen molar-refractivity contribution in [3.8, 4) is 5.75 Å². The molecule has 1 saturated carbocycles. The molecule has 10 rings (SSSR count). The molecule has 5 N–H and O–H groups in total. The molecule has 3 amide bonds. The summed E-state index contributed by atoms with van der Waals surface area (Å²) < 4.78 is 165. The number of hydrogen-bond acceptors (Lipinski definition) is 16. The van der Waals surface area contributed by atoms with Crippen LogP contribution in [-0.2, 0) is 86.3 Å². The van der Waals surface area contributed by atoms with E-state index in [4.69, 9.17) is 18.9 Å². The van der Waals surface area contributed by atoms with Crippen molar-refractivity contribution in [3.63, 3.8) is 0 Å². The van der Waals surface area contributed by atoms with Gasteiger partial charge in [-0.05, 0) is 117 Å². The summed E-state index contributed by atoms with van der Waals surface area (Å²) >= 11 is 0. The highest BCUT2D eigenvalue weighted by molar-refractivity contribution is 7.86. The Morgan fingerprint density at radius 1 is 0.702 bits per heavy atom. The molecule has 27 heteroatoms. The lowest BCUT2D eigenvalue weighted by Crippen LogP contribution is -2.40. The van der Waals surface area contributed by atoms with Crippen LogP contribution in [0.2, 0.25) is 0 Å². The topological polar surface area (TPSA) is 327 Å². The van der Waals surface area contributed by atoms with Crippen LogP contribution in [-0.4, -0.2) is 162 Å². The molecule has 1 fully saturated rings. The standard InChI is InChI=1S/C57H68N4O19S4/c1-55(2)44-34-40(83(71,72)73)13-16-47(44)59(23-31-81(65,66)67)52(55)43-33-38-10-15-42(43)54(57(38)36-46(57)53-56(3,4)45-35-41(84(74,75)76)14-17-48(45)60(53)24-32-82(68,69)70)80-39-11-7-37(8-12-39)9-18-49(62)58-21-5-25-77-27-29-79-30-28-78-26-6-22-61-50(63)19-20-51(61)64/h7-8,11-14,16-17,19-20,33-35,38H,5-6,9-10,15,18,21-32,36H2,1-4H3,(H4-,58,62,65,66,67,68,69,70,71,72,73,74,75,76)/p+1. The number of fused-ring (bicyclic) bond motifs is 3. The number of carbonyl (C=O) groups is 3. The maximum absolute atomic E-state index is 12.9. The number of hydrogen-bond donors (Lipinski definition) is 5. The van der Waals surface area contributed by atoms with E-state index in [0.717, 1.165) is 21.6 Å². The Kier molecular flexibility index (Phi) is 17.9. The van der Waals surface area contributed by atoms with Crippen LogP contribution in [0.15, 0.2) is 117 Å². The zero-order valence-electron chi connectivity index (χ0n) is 46.9. The highest BCUT2D eigenvalue weighted by Crippen LogP contribution is 2.73. The minimum Gasteiger partial charge on any atom is -0.460 e. The Morgan fingerprint density at radius 2 is 1.30 bits per heavy atom. The Hall–Kier alpha value is -5.98. The van der Waals surface area contributed by atoms with Crippen LogP contribution in [0.25, 0.3) is 0 Å². The van der Waals surface area contributed by atoms with Crippen molar-refractivity contribution in [2.45, 2.75) is 93.3 Å². The van der Waals surface area contributed by atoms with E-state index in [0.29, 0.717) is 142 Å². The fourth-order valence-corrected chi connectivity index (χ4v) is 14.2. The van der Waals surface area contributed by atoms with Gasteiger partial charge in [-0.25, -0.2) is 0 Å². The fraction of sp³-hybridized carbons (Fsp3) is 0.474. The second kappa shape index (κ2) is 24.1. The molecule has 2 bridgehead atoms. The molecule has 3 aromatic carbocycles. The molecular formula is C57H69N4O19S4+. The molecule has 3 aliphatic heterocycles. The normalized spacial score (nSPS) is 21.5. The number of anilines is 1. The number of allylic oxidation sites excluding steroid dienone is 5. The molecule has 3 heterocycles. The van der Waals surface area contributed by atoms with Crippen LogP contribution in [0.5, 0.6) is 5.75 Å². The second-order valence-electron chi connectivity index (χ2n) is 22.6. The third-order valence-corrected chi connectivity index (χ3v) is 19.4. The van der Waals surface area contributed by atoms with E-state index >= 15 is 0 Å². The number of amides is 3. The third kappa shape index (κ3) is 13.3. The van der Waals surface area contributed by atoms with Crippen LogP contribution in [0.1, 0.15) is 82.9 Å². The Morgan fingerprint density at radius 3 is 1.92 bits per heavy atom. The summed E-state index contributed by atoms with van der Waals surface area (Å²) in [6, 6.07) is 15.4. The second-order valence-corrected chi connectivity index (χ2v) is 28.6. The monoisotopic (exact) mass is 1240 g/mol. The summed E-state index contributed by atoms with van der Waals surface area (Å²) in [5, 5.41) is 2.92. The summed E-state index contributed by atoms with van der Waals surface area (Å²) in [4.78, 5) is 38.3. The number of carbonyl (C=O) groups excluding carboxylic acids is 3. The third-order valence-electron chi connectivity index (χ3n) is 16.3. The molecule has 23 nitrogen and oxygen atoms in total. The average molecular weight is 1240 g/mol. The highest BCUT2D eigenvalue weighted by Gasteiger charge is 2.67. The molecule has 2 atom stereocenters. The lowest BCUT2D eigenvalue weighted by Gasteiger charge is -2.41. The minimum absolute atomic E-state index is 0.152. The molecule has 0 aromatic heterocycles. The van der Waals surface area contributed by atoms with E-state index in [1.165, 1.54) is 48.6 Å². The van der Waals surface area contributed by atoms with Gasteiger partial charge in [-0.2, -0.15) is 38.2 Å². The Bertz CT molecular complexity index is 3780. The average Bonchev–Trinajstić information content (AvgIpc) is 1.55. The molecule has 84 heavy (non-hydrogen) atoms. The molecule has 454 valence electrons. The first-order valence-electron chi connectivity index (χ1n) is 27.5. The molecule has 3 aromatic rings. The molecule has 7 aliphatic rings. The molecule has 4 aliphatic carbocycles. The molecule has 1 spiro atoms. The zero-order chi connectivity index (χ0) is 60.8. The van der Waals surface area contributed by atoms with Crippen LogP contribution in [0, 0.1) is 11.3 Å². The van der Waals surface area contributed by atoms with Crippen molar-refractivity contribution in [1.82, 2.24) is 10.2 Å². The number of aryl methyl sites for hydroxylation is 1. The number of ether oxygens (including phenoxy) is 4. The lowest BCUT2D eigenvalue weighted by molar-refractivity contribution is -0.432. The van der Waals surface area contributed by atoms with Crippen molar-refractivity contribution in [2.75, 3.05) is 82.2 Å². The molecule has 2 unspecified atom stereocenters. The van der Waals surface area contributed by atoms with E-state index in [1.54, 1.807) is 21.6 Å². The number of benzene rings is 3. The van der Waals surface area contributed by atoms with E-state index in [9.17, 15) is 66.3 Å². The van der Waals surface area contributed by atoms with E-state index in [-0.39, 0.29) is 52.9 Å². The van der Waals surface area contributed by atoms with Crippen molar-refractivity contribution in [2.24, 2.45) is 11.3 Å². The smallest absolute Gasteiger partial charge is 0.294 e. The summed E-state index contributed by atoms with van der Waals surface area (Å²) in [5.74, 6) is -1.50. The largest absolute Gasteiger partial charge is 0.460 e. The van der Waals surface area contributed by atoms with Gasteiger partial charge in [-0.15, -0.1) is 0 Å². The number of rotatable bonds is 28. The maximum Gasteiger partial charge on any atom is 0.294 e. The van der Waals surface area contributed by atoms with E-state index in [1.807, 2.05) is 39.8 Å². The quantitative estimate of drug-likeness (QED) is 0.0268. The van der Waals surface area contributed by atoms with Gasteiger partial charge < -0.3 is 29.2 Å². The molecule has 0 radical (unpaired) electrons.